The predicted octanol–water partition coefficient (Wildman–Crippen LogP) is 2.51. The van der Waals surface area contributed by atoms with Crippen LogP contribution in [0.5, 0.6) is 11.5 Å². The van der Waals surface area contributed by atoms with Crippen molar-refractivity contribution in [1.29, 1.82) is 0 Å². The summed E-state index contributed by atoms with van der Waals surface area (Å²) in [6, 6.07) is 14.1. The summed E-state index contributed by atoms with van der Waals surface area (Å²) < 4.78 is 11.9. The average molecular weight is 353 g/mol. The maximum absolute atomic E-state index is 12.4. The smallest absolute Gasteiger partial charge is 0.280 e. The average Bonchev–Trinajstić information content (AvgIpc) is 3.05. The molecule has 0 aliphatic rings. The zero-order valence-electron chi connectivity index (χ0n) is 14.5. The van der Waals surface area contributed by atoms with E-state index >= 15 is 0 Å². The van der Waals surface area contributed by atoms with E-state index in [0.29, 0.717) is 23.7 Å². The van der Waals surface area contributed by atoms with Crippen LogP contribution in [-0.4, -0.2) is 34.6 Å². The number of carbonyl (C=O) groups is 1. The van der Waals surface area contributed by atoms with Gasteiger partial charge in [0.25, 0.3) is 5.91 Å². The number of amides is 1. The quantitative estimate of drug-likeness (QED) is 0.705. The van der Waals surface area contributed by atoms with Crippen LogP contribution >= 0.6 is 0 Å². The fourth-order valence-corrected chi connectivity index (χ4v) is 2.36. The number of hydrogen-bond acceptors (Lipinski definition) is 6. The molecule has 0 aliphatic carbocycles. The molecule has 8 heteroatoms. The predicted molar refractivity (Wildman–Crippen MR) is 97.9 cm³/mol. The molecule has 0 fully saturated rings. The maximum atomic E-state index is 12.4. The Morgan fingerprint density at radius 1 is 1.12 bits per heavy atom. The van der Waals surface area contributed by atoms with Gasteiger partial charge in [-0.3, -0.25) is 4.79 Å². The lowest BCUT2D eigenvalue weighted by Gasteiger charge is -2.07. The Balaban J connectivity index is 1.76. The molecule has 0 radical (unpaired) electrons. The lowest BCUT2D eigenvalue weighted by Crippen LogP contribution is -2.15. The highest BCUT2D eigenvalue weighted by Gasteiger charge is 2.18. The van der Waals surface area contributed by atoms with Crippen LogP contribution in [-0.2, 0) is 0 Å². The second-order valence-corrected chi connectivity index (χ2v) is 5.34. The van der Waals surface area contributed by atoms with Crippen molar-refractivity contribution in [2.75, 3.05) is 24.8 Å². The Kier molecular flexibility index (Phi) is 5.02. The third-order valence-corrected chi connectivity index (χ3v) is 3.66. The summed E-state index contributed by atoms with van der Waals surface area (Å²) in [7, 11) is 1.59. The van der Waals surface area contributed by atoms with Crippen LogP contribution < -0.4 is 20.5 Å². The number of nitrogen functional groups attached to an aromatic ring is 1. The van der Waals surface area contributed by atoms with Gasteiger partial charge in [-0.1, -0.05) is 5.21 Å². The molecule has 26 heavy (non-hydrogen) atoms. The number of methoxy groups -OCH3 is 1. The number of hydrogen-bond donors (Lipinski definition) is 2. The fraction of sp³-hybridized carbons (Fsp3) is 0.167. The normalized spacial score (nSPS) is 10.4. The van der Waals surface area contributed by atoms with Crippen LogP contribution in [0.3, 0.4) is 0 Å². The van der Waals surface area contributed by atoms with Crippen LogP contribution in [0.2, 0.25) is 0 Å². The Morgan fingerprint density at radius 2 is 1.77 bits per heavy atom. The van der Waals surface area contributed by atoms with E-state index in [9.17, 15) is 4.79 Å². The molecule has 0 saturated carbocycles. The summed E-state index contributed by atoms with van der Waals surface area (Å²) in [5.41, 5.74) is 7.39. The molecule has 1 aromatic heterocycles. The summed E-state index contributed by atoms with van der Waals surface area (Å²) in [5, 5.41) is 10.6. The molecular formula is C18H19N5O3. The molecular weight excluding hydrogens is 334 g/mol. The number of nitrogens with zero attached hydrogens (tertiary/aromatic N) is 3. The van der Waals surface area contributed by atoms with E-state index in [1.165, 1.54) is 4.68 Å². The molecule has 1 amide bonds. The van der Waals surface area contributed by atoms with Crippen molar-refractivity contribution in [1.82, 2.24) is 15.0 Å². The monoisotopic (exact) mass is 353 g/mol. The number of ether oxygens (including phenoxy) is 2. The van der Waals surface area contributed by atoms with Gasteiger partial charge in [-0.05, 0) is 55.5 Å². The minimum Gasteiger partial charge on any atom is -0.497 e. The standard InChI is InChI=1S/C18H19N5O3/c1-3-26-15-8-4-12(5-9-15)20-18(24)16-17(19)23(22-21-16)13-6-10-14(25-2)11-7-13/h4-11H,3,19H2,1-2H3,(H,20,24). The van der Waals surface area contributed by atoms with Crippen molar-refractivity contribution in [3.8, 4) is 17.2 Å². The maximum Gasteiger partial charge on any atom is 0.280 e. The largest absolute Gasteiger partial charge is 0.497 e. The Labute approximate surface area is 150 Å². The molecule has 0 spiro atoms. The number of rotatable bonds is 6. The Hall–Kier alpha value is -3.55. The first-order valence-corrected chi connectivity index (χ1v) is 8.02. The summed E-state index contributed by atoms with van der Waals surface area (Å²) >= 11 is 0. The molecule has 8 nitrogen and oxygen atoms in total. The first kappa shape index (κ1) is 17.3. The van der Waals surface area contributed by atoms with E-state index in [-0.39, 0.29) is 11.5 Å². The van der Waals surface area contributed by atoms with Gasteiger partial charge >= 0.3 is 0 Å². The zero-order chi connectivity index (χ0) is 18.5. The third kappa shape index (κ3) is 3.59. The lowest BCUT2D eigenvalue weighted by molar-refractivity contribution is 0.102. The molecule has 0 saturated heterocycles. The van der Waals surface area contributed by atoms with Crippen LogP contribution in [0, 0.1) is 0 Å². The Morgan fingerprint density at radius 3 is 2.38 bits per heavy atom. The molecule has 0 atom stereocenters. The molecule has 0 aliphatic heterocycles. The highest BCUT2D eigenvalue weighted by Crippen LogP contribution is 2.20. The van der Waals surface area contributed by atoms with E-state index in [2.05, 4.69) is 15.6 Å². The fourth-order valence-electron chi connectivity index (χ4n) is 2.36. The van der Waals surface area contributed by atoms with Crippen molar-refractivity contribution >= 4 is 17.4 Å². The van der Waals surface area contributed by atoms with E-state index in [0.717, 1.165) is 5.75 Å². The zero-order valence-corrected chi connectivity index (χ0v) is 14.5. The molecule has 3 N–H and O–H groups in total. The molecule has 2 aromatic carbocycles. The van der Waals surface area contributed by atoms with Gasteiger partial charge in [0.1, 0.15) is 11.5 Å². The van der Waals surface area contributed by atoms with E-state index in [1.54, 1.807) is 55.6 Å². The number of aromatic nitrogens is 3. The second kappa shape index (κ2) is 7.56. The highest BCUT2D eigenvalue weighted by atomic mass is 16.5. The number of anilines is 2. The number of carbonyl (C=O) groups excluding carboxylic acids is 1. The number of nitrogens with two attached hydrogens (primary N) is 1. The molecule has 0 unspecified atom stereocenters. The van der Waals surface area contributed by atoms with Crippen molar-refractivity contribution < 1.29 is 14.3 Å². The molecule has 0 bridgehead atoms. The minimum absolute atomic E-state index is 0.0507. The van der Waals surface area contributed by atoms with Crippen molar-refractivity contribution in [3.05, 3.63) is 54.2 Å². The van der Waals surface area contributed by atoms with E-state index < -0.39 is 5.91 Å². The number of benzene rings is 2. The Bertz CT molecular complexity index is 888. The van der Waals surface area contributed by atoms with Crippen LogP contribution in [0.15, 0.2) is 48.5 Å². The van der Waals surface area contributed by atoms with Gasteiger partial charge in [-0.15, -0.1) is 5.10 Å². The highest BCUT2D eigenvalue weighted by molar-refractivity contribution is 6.05. The van der Waals surface area contributed by atoms with Crippen LogP contribution in [0.1, 0.15) is 17.4 Å². The number of nitrogens with one attached hydrogen (secondary N) is 1. The first-order valence-electron chi connectivity index (χ1n) is 8.02. The minimum atomic E-state index is -0.438. The molecule has 1 heterocycles. The van der Waals surface area contributed by atoms with Crippen molar-refractivity contribution in [2.45, 2.75) is 6.92 Å². The van der Waals surface area contributed by atoms with Crippen molar-refractivity contribution in [3.63, 3.8) is 0 Å². The van der Waals surface area contributed by atoms with Crippen molar-refractivity contribution in [2.24, 2.45) is 0 Å². The molecule has 134 valence electrons. The van der Waals surface area contributed by atoms with E-state index in [1.807, 2.05) is 6.92 Å². The van der Waals surface area contributed by atoms with Crippen LogP contribution in [0.25, 0.3) is 5.69 Å². The van der Waals surface area contributed by atoms with Crippen LogP contribution in [0.4, 0.5) is 11.5 Å². The summed E-state index contributed by atoms with van der Waals surface area (Å²) in [6.07, 6.45) is 0. The van der Waals surface area contributed by atoms with Gasteiger partial charge in [0, 0.05) is 5.69 Å². The molecule has 3 aromatic rings. The summed E-state index contributed by atoms with van der Waals surface area (Å²) in [5.74, 6) is 1.15. The van der Waals surface area contributed by atoms with Gasteiger partial charge in [0.15, 0.2) is 11.5 Å². The van der Waals surface area contributed by atoms with E-state index in [4.69, 9.17) is 15.2 Å². The van der Waals surface area contributed by atoms with Gasteiger partial charge in [0.05, 0.1) is 19.4 Å². The topological polar surface area (TPSA) is 104 Å². The van der Waals surface area contributed by atoms with Gasteiger partial charge in [0.2, 0.25) is 0 Å². The first-order chi connectivity index (χ1) is 12.6. The SMILES string of the molecule is CCOc1ccc(NC(=O)c2nnn(-c3ccc(OC)cc3)c2N)cc1. The molecule has 3 rings (SSSR count). The van der Waals surface area contributed by atoms with Gasteiger partial charge in [-0.25, -0.2) is 0 Å². The second-order valence-electron chi connectivity index (χ2n) is 5.34. The summed E-state index contributed by atoms with van der Waals surface area (Å²) in [6.45, 7) is 2.49. The lowest BCUT2D eigenvalue weighted by atomic mass is 10.3. The van der Waals surface area contributed by atoms with Gasteiger partial charge in [-0.2, -0.15) is 4.68 Å². The summed E-state index contributed by atoms with van der Waals surface area (Å²) in [4.78, 5) is 12.4. The third-order valence-electron chi connectivity index (χ3n) is 3.66. The van der Waals surface area contributed by atoms with Gasteiger partial charge < -0.3 is 20.5 Å².